The molecule has 0 saturated carbocycles. The summed E-state index contributed by atoms with van der Waals surface area (Å²) in [6.07, 6.45) is 1.75. The van der Waals surface area contributed by atoms with Gasteiger partial charge in [0.15, 0.2) is 0 Å². The first-order valence-electron chi connectivity index (χ1n) is 7.82. The second-order valence-corrected chi connectivity index (χ2v) is 6.48. The van der Waals surface area contributed by atoms with Crippen LogP contribution in [0.2, 0.25) is 0 Å². The van der Waals surface area contributed by atoms with Gasteiger partial charge in [0, 0.05) is 12.7 Å². The van der Waals surface area contributed by atoms with Crippen LogP contribution in [0.15, 0.2) is 48.7 Å². The molecule has 0 atom stereocenters. The largest absolute Gasteiger partial charge is 0.395 e. The molecule has 0 fully saturated rings. The summed E-state index contributed by atoms with van der Waals surface area (Å²) in [4.78, 5) is 22.3. The van der Waals surface area contributed by atoms with Gasteiger partial charge in [0.05, 0.1) is 22.1 Å². The number of hydrogen-bond donors (Lipinski definition) is 3. The van der Waals surface area contributed by atoms with Gasteiger partial charge in [0.2, 0.25) is 0 Å². The molecule has 0 spiro atoms. The molecule has 0 aliphatic rings. The fraction of sp³-hybridized carbons (Fsp3) is 0.167. The number of thiophene rings is 1. The summed E-state index contributed by atoms with van der Waals surface area (Å²) in [7, 11) is 0. The number of carbonyl (C=O) groups is 1. The molecule has 0 aliphatic heterocycles. The Hall–Kier alpha value is -2.77. The van der Waals surface area contributed by atoms with Crippen molar-refractivity contribution in [3.63, 3.8) is 0 Å². The normalized spacial score (nSPS) is 10.5. The molecule has 25 heavy (non-hydrogen) atoms. The molecule has 7 heteroatoms. The van der Waals surface area contributed by atoms with E-state index in [4.69, 9.17) is 5.11 Å². The zero-order valence-corrected chi connectivity index (χ0v) is 14.5. The van der Waals surface area contributed by atoms with E-state index < -0.39 is 0 Å². The highest BCUT2D eigenvalue weighted by Crippen LogP contribution is 2.28. The van der Waals surface area contributed by atoms with Gasteiger partial charge >= 0.3 is 0 Å². The summed E-state index contributed by atoms with van der Waals surface area (Å²) in [5.41, 5.74) is 1.90. The highest BCUT2D eigenvalue weighted by molar-refractivity contribution is 7.17. The lowest BCUT2D eigenvalue weighted by Crippen LogP contribution is -2.25. The number of aliphatic hydroxyl groups is 1. The van der Waals surface area contributed by atoms with Crippen LogP contribution in [-0.2, 0) is 0 Å². The van der Waals surface area contributed by atoms with Crippen LogP contribution in [0.4, 0.5) is 11.6 Å². The molecule has 3 rings (SSSR count). The van der Waals surface area contributed by atoms with E-state index in [9.17, 15) is 4.79 Å². The van der Waals surface area contributed by atoms with Gasteiger partial charge in [-0.25, -0.2) is 9.97 Å². The van der Waals surface area contributed by atoms with Crippen molar-refractivity contribution in [3.8, 4) is 10.6 Å². The molecule has 3 aromatic rings. The molecule has 0 bridgehead atoms. The van der Waals surface area contributed by atoms with Gasteiger partial charge in [0.1, 0.15) is 11.6 Å². The number of carbonyl (C=O) groups excluding carboxylic acids is 1. The Bertz CT molecular complexity index is 879. The van der Waals surface area contributed by atoms with Crippen molar-refractivity contribution in [1.82, 2.24) is 15.3 Å². The van der Waals surface area contributed by atoms with E-state index in [1.54, 1.807) is 12.3 Å². The number of aliphatic hydroxyl groups excluding tert-OH is 1. The maximum atomic E-state index is 11.9. The average Bonchev–Trinajstić information content (AvgIpc) is 3.10. The maximum Gasteiger partial charge on any atom is 0.261 e. The topological polar surface area (TPSA) is 87.1 Å². The third kappa shape index (κ3) is 4.40. The summed E-state index contributed by atoms with van der Waals surface area (Å²) in [5, 5.41) is 14.6. The van der Waals surface area contributed by atoms with E-state index in [0.29, 0.717) is 10.7 Å². The fourth-order valence-electron chi connectivity index (χ4n) is 2.23. The molecule has 6 nitrogen and oxygen atoms in total. The standard InChI is InChI=1S/C18H18N4O2S/c1-12-7-8-19-17(11-12)22-16-4-2-3-13(21-16)14-5-6-15(25-14)18(24)20-9-10-23/h2-8,11,23H,9-10H2,1H3,(H,20,24)(H,19,21,22). The van der Waals surface area contributed by atoms with Crippen molar-refractivity contribution in [3.05, 3.63) is 59.1 Å². The SMILES string of the molecule is Cc1ccnc(Nc2cccc(-c3ccc(C(=O)NCCO)s3)n2)c1. The number of anilines is 2. The Labute approximate surface area is 149 Å². The lowest BCUT2D eigenvalue weighted by atomic mass is 10.3. The zero-order valence-electron chi connectivity index (χ0n) is 13.7. The summed E-state index contributed by atoms with van der Waals surface area (Å²) in [5.74, 6) is 1.23. The minimum absolute atomic E-state index is 0.0771. The van der Waals surface area contributed by atoms with Gasteiger partial charge in [-0.1, -0.05) is 6.07 Å². The number of aromatic nitrogens is 2. The molecule has 0 aromatic carbocycles. The van der Waals surface area contributed by atoms with Crippen LogP contribution in [0, 0.1) is 6.92 Å². The van der Waals surface area contributed by atoms with Gasteiger partial charge in [-0.05, 0) is 48.9 Å². The predicted octanol–water partition coefficient (Wildman–Crippen LogP) is 2.98. The van der Waals surface area contributed by atoms with Gasteiger partial charge < -0.3 is 15.7 Å². The Morgan fingerprint density at radius 3 is 2.88 bits per heavy atom. The van der Waals surface area contributed by atoms with Gasteiger partial charge in [-0.2, -0.15) is 0 Å². The van der Waals surface area contributed by atoms with Crippen molar-refractivity contribution in [1.29, 1.82) is 0 Å². The first kappa shape index (κ1) is 17.1. The third-order valence-corrected chi connectivity index (χ3v) is 4.51. The van der Waals surface area contributed by atoms with E-state index in [0.717, 1.165) is 22.0 Å². The van der Waals surface area contributed by atoms with Crippen molar-refractivity contribution >= 4 is 28.9 Å². The minimum Gasteiger partial charge on any atom is -0.395 e. The highest BCUT2D eigenvalue weighted by atomic mass is 32.1. The van der Waals surface area contributed by atoms with Crippen LogP contribution in [-0.4, -0.2) is 34.1 Å². The number of aryl methyl sites for hydroxylation is 1. The summed E-state index contributed by atoms with van der Waals surface area (Å²) in [6.45, 7) is 2.17. The number of hydrogen-bond acceptors (Lipinski definition) is 6. The Balaban J connectivity index is 1.77. The second-order valence-electron chi connectivity index (χ2n) is 5.39. The Morgan fingerprint density at radius 2 is 2.08 bits per heavy atom. The third-order valence-electron chi connectivity index (χ3n) is 3.40. The molecule has 0 aliphatic carbocycles. The van der Waals surface area contributed by atoms with Crippen molar-refractivity contribution < 1.29 is 9.90 Å². The second kappa shape index (κ2) is 7.87. The minimum atomic E-state index is -0.191. The van der Waals surface area contributed by atoms with Crippen molar-refractivity contribution in [2.75, 3.05) is 18.5 Å². The number of amides is 1. The van der Waals surface area contributed by atoms with Crippen LogP contribution in [0.3, 0.4) is 0 Å². The van der Waals surface area contributed by atoms with Crippen LogP contribution in [0.1, 0.15) is 15.2 Å². The number of rotatable bonds is 6. The smallest absolute Gasteiger partial charge is 0.261 e. The van der Waals surface area contributed by atoms with E-state index in [-0.39, 0.29) is 19.1 Å². The van der Waals surface area contributed by atoms with E-state index >= 15 is 0 Å². The lowest BCUT2D eigenvalue weighted by Gasteiger charge is -2.06. The van der Waals surface area contributed by atoms with Gasteiger partial charge in [-0.15, -0.1) is 11.3 Å². The molecular weight excluding hydrogens is 336 g/mol. The van der Waals surface area contributed by atoms with Crippen molar-refractivity contribution in [2.45, 2.75) is 6.92 Å². The quantitative estimate of drug-likeness (QED) is 0.633. The molecule has 1 amide bonds. The molecule has 0 saturated heterocycles. The van der Waals surface area contributed by atoms with Crippen LogP contribution in [0.5, 0.6) is 0 Å². The number of nitrogens with zero attached hydrogens (tertiary/aromatic N) is 2. The van der Waals surface area contributed by atoms with Crippen molar-refractivity contribution in [2.24, 2.45) is 0 Å². The molecule has 3 heterocycles. The summed E-state index contributed by atoms with van der Waals surface area (Å²) in [6, 6.07) is 13.2. The Kier molecular flexibility index (Phi) is 5.37. The van der Waals surface area contributed by atoms with Crippen LogP contribution < -0.4 is 10.6 Å². The Morgan fingerprint density at radius 1 is 1.20 bits per heavy atom. The van der Waals surface area contributed by atoms with Gasteiger partial charge in [-0.3, -0.25) is 4.79 Å². The first-order valence-corrected chi connectivity index (χ1v) is 8.63. The molecular formula is C18H18N4O2S. The predicted molar refractivity (Wildman–Crippen MR) is 99.2 cm³/mol. The monoisotopic (exact) mass is 354 g/mol. The highest BCUT2D eigenvalue weighted by Gasteiger charge is 2.11. The van der Waals surface area contributed by atoms with E-state index in [2.05, 4.69) is 20.6 Å². The first-order chi connectivity index (χ1) is 12.2. The fourth-order valence-corrected chi connectivity index (χ4v) is 3.12. The number of nitrogens with one attached hydrogen (secondary N) is 2. The van der Waals surface area contributed by atoms with Crippen LogP contribution >= 0.6 is 11.3 Å². The molecule has 0 unspecified atom stereocenters. The average molecular weight is 354 g/mol. The molecule has 3 aromatic heterocycles. The summed E-state index contributed by atoms with van der Waals surface area (Å²) < 4.78 is 0. The maximum absolute atomic E-state index is 11.9. The molecule has 0 radical (unpaired) electrons. The van der Waals surface area contributed by atoms with E-state index in [1.165, 1.54) is 11.3 Å². The molecule has 3 N–H and O–H groups in total. The van der Waals surface area contributed by atoms with Crippen LogP contribution in [0.25, 0.3) is 10.6 Å². The summed E-state index contributed by atoms with van der Waals surface area (Å²) >= 11 is 1.36. The van der Waals surface area contributed by atoms with E-state index in [1.807, 2.05) is 43.3 Å². The van der Waals surface area contributed by atoms with Gasteiger partial charge in [0.25, 0.3) is 5.91 Å². The number of pyridine rings is 2. The molecule has 128 valence electrons. The zero-order chi connectivity index (χ0) is 17.6. The lowest BCUT2D eigenvalue weighted by molar-refractivity contribution is 0.0949.